The van der Waals surface area contributed by atoms with E-state index in [-0.39, 0.29) is 12.0 Å². The molecule has 0 aliphatic carbocycles. The molecule has 1 aromatic heterocycles. The lowest BCUT2D eigenvalue weighted by Gasteiger charge is -2.16. The van der Waals surface area contributed by atoms with Crippen LogP contribution >= 0.6 is 0 Å². The van der Waals surface area contributed by atoms with Gasteiger partial charge in [-0.2, -0.15) is 5.10 Å². The molecule has 0 saturated carbocycles. The van der Waals surface area contributed by atoms with Crippen molar-refractivity contribution in [1.82, 2.24) is 9.78 Å². The average Bonchev–Trinajstić information content (AvgIpc) is 3.06. The number of ether oxygens (including phenoxy) is 2. The number of nitrogens with zero attached hydrogens (tertiary/aromatic N) is 2. The fourth-order valence-electron chi connectivity index (χ4n) is 2.37. The van der Waals surface area contributed by atoms with Gasteiger partial charge in [-0.05, 0) is 26.0 Å². The van der Waals surface area contributed by atoms with Crippen LogP contribution in [0.4, 0.5) is 5.82 Å². The Labute approximate surface area is 129 Å². The topological polar surface area (TPSA) is 65.4 Å². The molecule has 6 nitrogen and oxygen atoms in total. The third-order valence-corrected chi connectivity index (χ3v) is 3.38. The zero-order valence-electron chi connectivity index (χ0n) is 12.7. The summed E-state index contributed by atoms with van der Waals surface area (Å²) >= 11 is 0. The normalized spacial score (nSPS) is 20.0. The summed E-state index contributed by atoms with van der Waals surface area (Å²) in [5.41, 5.74) is 0.603. The van der Waals surface area contributed by atoms with E-state index >= 15 is 0 Å². The molecule has 1 atom stereocenters. The van der Waals surface area contributed by atoms with Gasteiger partial charge in [0.25, 0.3) is 5.91 Å². The third kappa shape index (κ3) is 3.52. The van der Waals surface area contributed by atoms with Crippen molar-refractivity contribution in [3.8, 4) is 0 Å². The summed E-state index contributed by atoms with van der Waals surface area (Å²) in [6.07, 6.45) is 1.78. The number of anilines is 1. The van der Waals surface area contributed by atoms with Crippen molar-refractivity contribution < 1.29 is 14.3 Å². The van der Waals surface area contributed by atoms with Gasteiger partial charge in [0.1, 0.15) is 6.10 Å². The number of amides is 1. The van der Waals surface area contributed by atoms with Gasteiger partial charge in [-0.1, -0.05) is 18.2 Å². The van der Waals surface area contributed by atoms with E-state index in [1.807, 2.05) is 38.2 Å². The van der Waals surface area contributed by atoms with Crippen LogP contribution in [0.1, 0.15) is 24.2 Å². The van der Waals surface area contributed by atoms with Crippen LogP contribution in [0, 0.1) is 0 Å². The number of hydrogen-bond acceptors (Lipinski definition) is 4. The standard InChI is InChI=1S/C16H19N3O3/c1-16(2)21-11-13(22-16)10-19-9-8-14(18-19)17-15(20)12-6-4-3-5-7-12/h3-9,13H,10-11H2,1-2H3,(H,17,18,20). The summed E-state index contributed by atoms with van der Waals surface area (Å²) in [5, 5.41) is 7.11. The summed E-state index contributed by atoms with van der Waals surface area (Å²) in [6.45, 7) is 4.91. The summed E-state index contributed by atoms with van der Waals surface area (Å²) < 4.78 is 13.0. The van der Waals surface area contributed by atoms with Crippen LogP contribution in [0.15, 0.2) is 42.6 Å². The van der Waals surface area contributed by atoms with Crippen LogP contribution in [0.2, 0.25) is 0 Å². The quantitative estimate of drug-likeness (QED) is 0.941. The van der Waals surface area contributed by atoms with E-state index in [0.717, 1.165) is 0 Å². The van der Waals surface area contributed by atoms with Crippen LogP contribution in [0.3, 0.4) is 0 Å². The molecule has 1 aliphatic heterocycles. The van der Waals surface area contributed by atoms with Gasteiger partial charge in [0.05, 0.1) is 13.2 Å². The van der Waals surface area contributed by atoms with Crippen LogP contribution in [-0.4, -0.2) is 34.2 Å². The summed E-state index contributed by atoms with van der Waals surface area (Å²) in [5.74, 6) is -0.193. The molecule has 3 rings (SSSR count). The minimum Gasteiger partial charge on any atom is -0.348 e. The number of aromatic nitrogens is 2. The molecule has 1 N–H and O–H groups in total. The van der Waals surface area contributed by atoms with E-state index in [2.05, 4.69) is 10.4 Å². The maximum atomic E-state index is 12.0. The molecule has 0 spiro atoms. The molecule has 1 amide bonds. The molecular formula is C16H19N3O3. The Kier molecular flexibility index (Phi) is 3.96. The highest BCUT2D eigenvalue weighted by Gasteiger charge is 2.32. The maximum Gasteiger partial charge on any atom is 0.256 e. The second-order valence-electron chi connectivity index (χ2n) is 5.69. The van der Waals surface area contributed by atoms with Gasteiger partial charge >= 0.3 is 0 Å². The van der Waals surface area contributed by atoms with E-state index in [1.54, 1.807) is 22.9 Å². The van der Waals surface area contributed by atoms with Gasteiger partial charge in [0.15, 0.2) is 11.6 Å². The lowest BCUT2D eigenvalue weighted by Crippen LogP contribution is -2.24. The van der Waals surface area contributed by atoms with Gasteiger partial charge in [-0.3, -0.25) is 9.48 Å². The highest BCUT2D eigenvalue weighted by Crippen LogP contribution is 2.23. The van der Waals surface area contributed by atoms with E-state index in [1.165, 1.54) is 0 Å². The van der Waals surface area contributed by atoms with E-state index in [0.29, 0.717) is 24.5 Å². The SMILES string of the molecule is CC1(C)OCC(Cn2ccc(NC(=O)c3ccccc3)n2)O1. The Morgan fingerprint density at radius 2 is 2.14 bits per heavy atom. The first-order valence-corrected chi connectivity index (χ1v) is 7.23. The fraction of sp³-hybridized carbons (Fsp3) is 0.375. The van der Waals surface area contributed by atoms with Gasteiger partial charge in [0.2, 0.25) is 0 Å². The van der Waals surface area contributed by atoms with Crippen molar-refractivity contribution in [3.63, 3.8) is 0 Å². The lowest BCUT2D eigenvalue weighted by atomic mass is 10.2. The highest BCUT2D eigenvalue weighted by molar-refractivity contribution is 6.03. The number of nitrogens with one attached hydrogen (secondary N) is 1. The van der Waals surface area contributed by atoms with Gasteiger partial charge in [-0.25, -0.2) is 0 Å². The molecule has 1 aromatic carbocycles. The number of rotatable bonds is 4. The average molecular weight is 301 g/mol. The number of carbonyl (C=O) groups is 1. The van der Waals surface area contributed by atoms with Gasteiger partial charge in [-0.15, -0.1) is 0 Å². The van der Waals surface area contributed by atoms with Crippen molar-refractivity contribution >= 4 is 11.7 Å². The fourth-order valence-corrected chi connectivity index (χ4v) is 2.37. The number of carbonyl (C=O) groups excluding carboxylic acids is 1. The van der Waals surface area contributed by atoms with Crippen molar-refractivity contribution in [2.24, 2.45) is 0 Å². The Balaban J connectivity index is 1.59. The predicted octanol–water partition coefficient (Wildman–Crippen LogP) is 2.29. The highest BCUT2D eigenvalue weighted by atomic mass is 16.7. The first-order valence-electron chi connectivity index (χ1n) is 7.23. The number of hydrogen-bond donors (Lipinski definition) is 1. The minimum absolute atomic E-state index is 0.0347. The third-order valence-electron chi connectivity index (χ3n) is 3.38. The van der Waals surface area contributed by atoms with Gasteiger partial charge < -0.3 is 14.8 Å². The molecule has 2 heterocycles. The summed E-state index contributed by atoms with van der Waals surface area (Å²) in [7, 11) is 0. The minimum atomic E-state index is -0.540. The van der Waals surface area contributed by atoms with Crippen molar-refractivity contribution in [2.45, 2.75) is 32.3 Å². The lowest BCUT2D eigenvalue weighted by molar-refractivity contribution is -0.139. The van der Waals surface area contributed by atoms with E-state index in [9.17, 15) is 4.79 Å². The van der Waals surface area contributed by atoms with Crippen molar-refractivity contribution in [3.05, 3.63) is 48.2 Å². The molecule has 22 heavy (non-hydrogen) atoms. The largest absolute Gasteiger partial charge is 0.348 e. The Morgan fingerprint density at radius 3 is 2.82 bits per heavy atom. The molecular weight excluding hydrogens is 282 g/mol. The second kappa shape index (κ2) is 5.90. The zero-order chi connectivity index (χ0) is 15.6. The monoisotopic (exact) mass is 301 g/mol. The summed E-state index contributed by atoms with van der Waals surface area (Å²) in [6, 6.07) is 10.8. The molecule has 1 aliphatic rings. The second-order valence-corrected chi connectivity index (χ2v) is 5.69. The number of benzene rings is 1. The van der Waals surface area contributed by atoms with Crippen LogP contribution in [0.25, 0.3) is 0 Å². The molecule has 0 bridgehead atoms. The van der Waals surface area contributed by atoms with Crippen LogP contribution in [-0.2, 0) is 16.0 Å². The molecule has 116 valence electrons. The zero-order valence-corrected chi connectivity index (χ0v) is 12.7. The van der Waals surface area contributed by atoms with Crippen molar-refractivity contribution in [2.75, 3.05) is 11.9 Å². The maximum absolute atomic E-state index is 12.0. The van der Waals surface area contributed by atoms with Crippen LogP contribution < -0.4 is 5.32 Å². The predicted molar refractivity (Wildman–Crippen MR) is 81.5 cm³/mol. The molecule has 1 fully saturated rings. The van der Waals surface area contributed by atoms with Gasteiger partial charge in [0, 0.05) is 17.8 Å². The Hall–Kier alpha value is -2.18. The molecule has 2 aromatic rings. The summed E-state index contributed by atoms with van der Waals surface area (Å²) in [4.78, 5) is 12.0. The Bertz CT molecular complexity index is 652. The van der Waals surface area contributed by atoms with E-state index < -0.39 is 5.79 Å². The first kappa shape index (κ1) is 14.7. The van der Waals surface area contributed by atoms with E-state index in [4.69, 9.17) is 9.47 Å². The molecule has 1 saturated heterocycles. The molecule has 6 heteroatoms. The molecule has 0 radical (unpaired) electrons. The van der Waals surface area contributed by atoms with Crippen molar-refractivity contribution in [1.29, 1.82) is 0 Å². The molecule has 1 unspecified atom stereocenters. The van der Waals surface area contributed by atoms with Crippen LogP contribution in [0.5, 0.6) is 0 Å². The first-order chi connectivity index (χ1) is 10.5. The smallest absolute Gasteiger partial charge is 0.256 e. The Morgan fingerprint density at radius 1 is 1.36 bits per heavy atom.